The number of nitrogens with zero attached hydrogens (tertiary/aromatic N) is 3. The van der Waals surface area contributed by atoms with Gasteiger partial charge in [-0.3, -0.25) is 9.69 Å². The lowest BCUT2D eigenvalue weighted by atomic mass is 9.82. The lowest BCUT2D eigenvalue weighted by Crippen LogP contribution is -2.42. The number of halogens is 3. The van der Waals surface area contributed by atoms with Crippen LogP contribution >= 0.6 is 0 Å². The van der Waals surface area contributed by atoms with E-state index in [2.05, 4.69) is 16.8 Å². The maximum atomic E-state index is 14.0. The molecule has 0 unspecified atom stereocenters. The van der Waals surface area contributed by atoms with Crippen molar-refractivity contribution in [2.75, 3.05) is 18.0 Å². The molecule has 0 radical (unpaired) electrons. The Labute approximate surface area is 233 Å². The number of likely N-dealkylation sites (tertiary alicyclic amines) is 1. The monoisotopic (exact) mass is 561 g/mol. The quantitative estimate of drug-likeness (QED) is 0.369. The molecule has 1 aliphatic heterocycles. The Hall–Kier alpha value is -3.14. The summed E-state index contributed by atoms with van der Waals surface area (Å²) in [6, 6.07) is 4.71. The Balaban J connectivity index is 1.61. The van der Waals surface area contributed by atoms with E-state index >= 15 is 0 Å². The van der Waals surface area contributed by atoms with Gasteiger partial charge in [0.15, 0.2) is 0 Å². The van der Waals surface area contributed by atoms with Crippen LogP contribution in [-0.4, -0.2) is 46.0 Å². The molecule has 2 aliphatic rings. The fraction of sp³-hybridized carbons (Fsp3) is 0.567. The molecule has 0 bridgehead atoms. The third-order valence-corrected chi connectivity index (χ3v) is 7.86. The first-order chi connectivity index (χ1) is 18.9. The van der Waals surface area contributed by atoms with E-state index in [0.29, 0.717) is 18.0 Å². The summed E-state index contributed by atoms with van der Waals surface area (Å²) < 4.78 is 47.5. The molecular weight excluding hydrogens is 523 g/mol. The number of carboxylic acids is 1. The van der Waals surface area contributed by atoms with E-state index in [1.165, 1.54) is 23.2 Å². The van der Waals surface area contributed by atoms with Crippen LogP contribution in [0.3, 0.4) is 0 Å². The molecule has 1 aromatic carbocycles. The third kappa shape index (κ3) is 7.13. The van der Waals surface area contributed by atoms with Crippen LogP contribution in [0.2, 0.25) is 0 Å². The SMILES string of the molecule is CC1CCC(C(=O)N(c2ccc(Oc3ncc(CN4CCCCC4)cc3C(F)(F)F)cc2C(=O)O)C(C)C)CC1. The highest BCUT2D eigenvalue weighted by atomic mass is 19.4. The molecule has 1 saturated heterocycles. The van der Waals surface area contributed by atoms with Crippen molar-refractivity contribution in [1.82, 2.24) is 9.88 Å². The molecule has 1 aliphatic carbocycles. The highest BCUT2D eigenvalue weighted by molar-refractivity contribution is 6.03. The number of alkyl halides is 3. The first-order valence-corrected chi connectivity index (χ1v) is 14.1. The Morgan fingerprint density at radius 2 is 1.77 bits per heavy atom. The van der Waals surface area contributed by atoms with Gasteiger partial charge in [0.1, 0.15) is 11.3 Å². The van der Waals surface area contributed by atoms with Gasteiger partial charge in [-0.2, -0.15) is 13.2 Å². The summed E-state index contributed by atoms with van der Waals surface area (Å²) in [4.78, 5) is 33.3. The zero-order valence-electron chi connectivity index (χ0n) is 23.3. The normalized spacial score (nSPS) is 20.4. The second-order valence-electron chi connectivity index (χ2n) is 11.4. The van der Waals surface area contributed by atoms with Crippen LogP contribution in [-0.2, 0) is 17.5 Å². The van der Waals surface area contributed by atoms with Crippen LogP contribution in [0.4, 0.5) is 18.9 Å². The summed E-state index contributed by atoms with van der Waals surface area (Å²) in [5, 5.41) is 10.00. The number of hydrogen-bond donors (Lipinski definition) is 1. The summed E-state index contributed by atoms with van der Waals surface area (Å²) >= 11 is 0. The summed E-state index contributed by atoms with van der Waals surface area (Å²) in [7, 11) is 0. The molecular formula is C30H38F3N3O4. The van der Waals surface area contributed by atoms with Gasteiger partial charge in [-0.15, -0.1) is 0 Å². The van der Waals surface area contributed by atoms with Gasteiger partial charge in [-0.1, -0.05) is 13.3 Å². The molecule has 1 saturated carbocycles. The average Bonchev–Trinajstić information content (AvgIpc) is 2.90. The van der Waals surface area contributed by atoms with Crippen molar-refractivity contribution >= 4 is 17.6 Å². The number of hydrogen-bond acceptors (Lipinski definition) is 5. The third-order valence-electron chi connectivity index (χ3n) is 7.86. The Morgan fingerprint density at radius 3 is 2.38 bits per heavy atom. The topological polar surface area (TPSA) is 83.0 Å². The first-order valence-electron chi connectivity index (χ1n) is 14.1. The molecule has 40 heavy (non-hydrogen) atoms. The number of ether oxygens (including phenoxy) is 1. The van der Waals surface area contributed by atoms with Gasteiger partial charge in [0, 0.05) is 24.7 Å². The van der Waals surface area contributed by atoms with Crippen LogP contribution in [0, 0.1) is 11.8 Å². The highest BCUT2D eigenvalue weighted by Crippen LogP contribution is 2.39. The van der Waals surface area contributed by atoms with E-state index in [4.69, 9.17) is 4.74 Å². The van der Waals surface area contributed by atoms with E-state index in [9.17, 15) is 27.9 Å². The number of rotatable bonds is 8. The number of carbonyl (C=O) groups excluding carboxylic acids is 1. The maximum absolute atomic E-state index is 14.0. The zero-order chi connectivity index (χ0) is 29.0. The number of carboxylic acid groups (broad SMARTS) is 1. The average molecular weight is 562 g/mol. The van der Waals surface area contributed by atoms with Crippen molar-refractivity contribution in [3.8, 4) is 11.6 Å². The lowest BCUT2D eigenvalue weighted by molar-refractivity contribution is -0.139. The van der Waals surface area contributed by atoms with Crippen molar-refractivity contribution in [3.05, 3.63) is 47.2 Å². The van der Waals surface area contributed by atoms with Gasteiger partial charge in [0.25, 0.3) is 0 Å². The summed E-state index contributed by atoms with van der Waals surface area (Å²) in [5.74, 6) is -1.84. The predicted octanol–water partition coefficient (Wildman–Crippen LogP) is 7.14. The first kappa shape index (κ1) is 29.8. The summed E-state index contributed by atoms with van der Waals surface area (Å²) in [6.07, 6.45) is 3.17. The standard InChI is InChI=1S/C30H38F3N3O4/c1-19(2)36(28(37)22-9-7-20(3)8-10-22)26-12-11-23(16-24(26)29(38)39)40-27-25(30(31,32)33)15-21(17-34-27)18-35-13-5-4-6-14-35/h11-12,15-17,19-20,22H,4-10,13-14,18H2,1-3H3,(H,38,39). The maximum Gasteiger partial charge on any atom is 0.421 e. The number of piperidine rings is 1. The number of amides is 1. The molecule has 218 valence electrons. The number of benzene rings is 1. The molecule has 1 amide bonds. The van der Waals surface area contributed by atoms with E-state index in [0.717, 1.165) is 70.2 Å². The smallest absolute Gasteiger partial charge is 0.421 e. The predicted molar refractivity (Wildman–Crippen MR) is 146 cm³/mol. The Bertz CT molecular complexity index is 1200. The van der Waals surface area contributed by atoms with Gasteiger partial charge >= 0.3 is 12.1 Å². The molecule has 2 aromatic rings. The highest BCUT2D eigenvalue weighted by Gasteiger charge is 2.37. The van der Waals surface area contributed by atoms with Crippen LogP contribution < -0.4 is 9.64 Å². The summed E-state index contributed by atoms with van der Waals surface area (Å²) in [5.41, 5.74) is -0.613. The van der Waals surface area contributed by atoms with Gasteiger partial charge in [-0.05, 0) is 101 Å². The zero-order valence-corrected chi connectivity index (χ0v) is 23.3. The van der Waals surface area contributed by atoms with Gasteiger partial charge in [0.2, 0.25) is 11.8 Å². The molecule has 1 N–H and O–H groups in total. The molecule has 7 nitrogen and oxygen atoms in total. The van der Waals surface area contributed by atoms with Crippen LogP contribution in [0.25, 0.3) is 0 Å². The largest absolute Gasteiger partial charge is 0.478 e. The number of aromatic carboxylic acids is 1. The fourth-order valence-corrected chi connectivity index (χ4v) is 5.67. The Kier molecular flexibility index (Phi) is 9.38. The second kappa shape index (κ2) is 12.6. The minimum Gasteiger partial charge on any atom is -0.478 e. The minimum atomic E-state index is -4.71. The number of aromatic nitrogens is 1. The van der Waals surface area contributed by atoms with E-state index in [1.54, 1.807) is 0 Å². The van der Waals surface area contributed by atoms with Crippen molar-refractivity contribution in [1.29, 1.82) is 0 Å². The molecule has 0 atom stereocenters. The van der Waals surface area contributed by atoms with Gasteiger partial charge in [-0.25, -0.2) is 9.78 Å². The minimum absolute atomic E-state index is 0.106. The van der Waals surface area contributed by atoms with E-state index in [-0.39, 0.29) is 34.9 Å². The number of anilines is 1. The molecule has 0 spiro atoms. The second-order valence-corrected chi connectivity index (χ2v) is 11.4. The van der Waals surface area contributed by atoms with Crippen molar-refractivity contribution in [2.24, 2.45) is 11.8 Å². The van der Waals surface area contributed by atoms with Gasteiger partial charge < -0.3 is 14.7 Å². The molecule has 4 rings (SSSR count). The van der Waals surface area contributed by atoms with Crippen molar-refractivity contribution < 1.29 is 32.6 Å². The van der Waals surface area contributed by atoms with E-state index in [1.807, 2.05) is 13.8 Å². The van der Waals surface area contributed by atoms with Crippen molar-refractivity contribution in [2.45, 2.75) is 84.5 Å². The van der Waals surface area contributed by atoms with Crippen LogP contribution in [0.15, 0.2) is 30.5 Å². The van der Waals surface area contributed by atoms with Crippen LogP contribution in [0.5, 0.6) is 11.6 Å². The van der Waals surface area contributed by atoms with Gasteiger partial charge in [0.05, 0.1) is 11.3 Å². The Morgan fingerprint density at radius 1 is 1.10 bits per heavy atom. The molecule has 2 heterocycles. The van der Waals surface area contributed by atoms with E-state index < -0.39 is 23.6 Å². The number of carbonyl (C=O) groups is 2. The molecule has 1 aromatic heterocycles. The lowest BCUT2D eigenvalue weighted by Gasteiger charge is -2.34. The fourth-order valence-electron chi connectivity index (χ4n) is 5.67. The summed E-state index contributed by atoms with van der Waals surface area (Å²) in [6.45, 7) is 7.81. The molecule has 2 fully saturated rings. The van der Waals surface area contributed by atoms with Crippen LogP contribution in [0.1, 0.15) is 87.2 Å². The molecule has 10 heteroatoms. The number of pyridine rings is 1. The van der Waals surface area contributed by atoms with Crippen molar-refractivity contribution in [3.63, 3.8) is 0 Å².